The van der Waals surface area contributed by atoms with E-state index < -0.39 is 5.97 Å². The van der Waals surface area contributed by atoms with Gasteiger partial charge in [0.2, 0.25) is 0 Å². The van der Waals surface area contributed by atoms with Crippen molar-refractivity contribution in [1.82, 2.24) is 0 Å². The molecule has 0 saturated heterocycles. The Bertz CT molecular complexity index is 363. The zero-order chi connectivity index (χ0) is 11.3. The molecule has 0 unspecified atom stereocenters. The number of allylic oxidation sites excluding steroid dienone is 2. The van der Waals surface area contributed by atoms with Gasteiger partial charge in [-0.3, -0.25) is 0 Å². The molecule has 0 heterocycles. The van der Waals surface area contributed by atoms with E-state index in [9.17, 15) is 4.79 Å². The summed E-state index contributed by atoms with van der Waals surface area (Å²) in [5, 5.41) is 8.70. The molecular weight excluding hydrogens is 192 g/mol. The lowest BCUT2D eigenvalue weighted by Gasteiger charge is -2.07. The molecule has 0 aliphatic carbocycles. The Morgan fingerprint density at radius 2 is 2.00 bits per heavy atom. The molecule has 3 nitrogen and oxygen atoms in total. The average Bonchev–Trinajstić information content (AvgIpc) is 2.26. The van der Waals surface area contributed by atoms with Gasteiger partial charge in [0, 0.05) is 6.42 Å². The van der Waals surface area contributed by atoms with E-state index in [4.69, 9.17) is 9.84 Å². The number of hydrogen-bond acceptors (Lipinski definition) is 2. The van der Waals surface area contributed by atoms with Crippen LogP contribution >= 0.6 is 0 Å². The third-order valence-electron chi connectivity index (χ3n) is 2.02. The SMILES string of the molecule is CC=C(CC)Oc1ccc(C(=O)O)cc1. The number of benzene rings is 1. The van der Waals surface area contributed by atoms with Gasteiger partial charge in [-0.05, 0) is 37.3 Å². The summed E-state index contributed by atoms with van der Waals surface area (Å²) < 4.78 is 5.52. The summed E-state index contributed by atoms with van der Waals surface area (Å²) >= 11 is 0. The molecule has 0 fully saturated rings. The second kappa shape index (κ2) is 5.20. The predicted octanol–water partition coefficient (Wildman–Crippen LogP) is 3.08. The molecule has 3 heteroatoms. The number of rotatable bonds is 4. The highest BCUT2D eigenvalue weighted by Gasteiger charge is 2.02. The second-order valence-electron chi connectivity index (χ2n) is 3.04. The van der Waals surface area contributed by atoms with Crippen molar-refractivity contribution in [2.45, 2.75) is 20.3 Å². The molecule has 15 heavy (non-hydrogen) atoms. The van der Waals surface area contributed by atoms with Crippen molar-refractivity contribution < 1.29 is 14.6 Å². The molecule has 0 amide bonds. The van der Waals surface area contributed by atoms with Gasteiger partial charge < -0.3 is 9.84 Å². The van der Waals surface area contributed by atoms with E-state index in [1.54, 1.807) is 12.1 Å². The van der Waals surface area contributed by atoms with Crippen molar-refractivity contribution in [2.24, 2.45) is 0 Å². The van der Waals surface area contributed by atoms with Crippen LogP contribution < -0.4 is 4.74 Å². The van der Waals surface area contributed by atoms with E-state index >= 15 is 0 Å². The Morgan fingerprint density at radius 1 is 1.40 bits per heavy atom. The fraction of sp³-hybridized carbons (Fsp3) is 0.250. The maximum absolute atomic E-state index is 10.6. The zero-order valence-electron chi connectivity index (χ0n) is 8.86. The Labute approximate surface area is 89.0 Å². The molecular formula is C12H14O3. The quantitative estimate of drug-likeness (QED) is 0.770. The lowest BCUT2D eigenvalue weighted by atomic mass is 10.2. The molecule has 1 rings (SSSR count). The summed E-state index contributed by atoms with van der Waals surface area (Å²) in [5.41, 5.74) is 0.265. The maximum atomic E-state index is 10.6. The van der Waals surface area contributed by atoms with Crippen LogP contribution in [0.5, 0.6) is 5.75 Å². The van der Waals surface area contributed by atoms with Crippen LogP contribution in [0, 0.1) is 0 Å². The minimum absolute atomic E-state index is 0.265. The molecule has 0 aromatic heterocycles. The van der Waals surface area contributed by atoms with Gasteiger partial charge in [0.1, 0.15) is 5.75 Å². The number of carboxylic acids is 1. The molecule has 0 aliphatic heterocycles. The molecule has 0 bridgehead atoms. The topological polar surface area (TPSA) is 46.5 Å². The fourth-order valence-electron chi connectivity index (χ4n) is 1.15. The highest BCUT2D eigenvalue weighted by molar-refractivity contribution is 5.87. The first kappa shape index (κ1) is 11.3. The molecule has 80 valence electrons. The first-order chi connectivity index (χ1) is 7.17. The van der Waals surface area contributed by atoms with Gasteiger partial charge in [-0.25, -0.2) is 4.79 Å². The third kappa shape index (κ3) is 3.13. The normalized spacial score (nSPS) is 11.2. The summed E-state index contributed by atoms with van der Waals surface area (Å²) in [6, 6.07) is 6.37. The summed E-state index contributed by atoms with van der Waals surface area (Å²) in [4.78, 5) is 10.6. The molecule has 1 N–H and O–H groups in total. The summed E-state index contributed by atoms with van der Waals surface area (Å²) in [6.07, 6.45) is 2.71. The monoisotopic (exact) mass is 206 g/mol. The largest absolute Gasteiger partial charge is 0.478 e. The highest BCUT2D eigenvalue weighted by atomic mass is 16.5. The van der Waals surface area contributed by atoms with Gasteiger partial charge in [0.15, 0.2) is 0 Å². The van der Waals surface area contributed by atoms with E-state index in [1.807, 2.05) is 19.9 Å². The van der Waals surface area contributed by atoms with Crippen molar-refractivity contribution in [1.29, 1.82) is 0 Å². The standard InChI is InChI=1S/C12H14O3/c1-3-10(4-2)15-11-7-5-9(6-8-11)12(13)14/h3,5-8H,4H2,1-2H3,(H,13,14). The summed E-state index contributed by atoms with van der Waals surface area (Å²) in [7, 11) is 0. The van der Waals surface area contributed by atoms with Crippen LogP contribution in [0.3, 0.4) is 0 Å². The van der Waals surface area contributed by atoms with Crippen molar-refractivity contribution in [3.8, 4) is 5.75 Å². The Balaban J connectivity index is 2.76. The molecule has 0 radical (unpaired) electrons. The van der Waals surface area contributed by atoms with E-state index in [1.165, 1.54) is 12.1 Å². The van der Waals surface area contributed by atoms with Crippen molar-refractivity contribution in [3.63, 3.8) is 0 Å². The van der Waals surface area contributed by atoms with Crippen molar-refractivity contribution in [2.75, 3.05) is 0 Å². The van der Waals surface area contributed by atoms with Crippen LogP contribution in [0.25, 0.3) is 0 Å². The van der Waals surface area contributed by atoms with Crippen LogP contribution in [0.1, 0.15) is 30.6 Å². The average molecular weight is 206 g/mol. The van der Waals surface area contributed by atoms with E-state index in [2.05, 4.69) is 0 Å². The fourth-order valence-corrected chi connectivity index (χ4v) is 1.15. The molecule has 0 atom stereocenters. The second-order valence-corrected chi connectivity index (χ2v) is 3.04. The van der Waals surface area contributed by atoms with Gasteiger partial charge in [-0.1, -0.05) is 6.92 Å². The molecule has 0 spiro atoms. The van der Waals surface area contributed by atoms with Crippen LogP contribution in [0.15, 0.2) is 36.1 Å². The minimum atomic E-state index is -0.928. The number of aromatic carboxylic acids is 1. The van der Waals surface area contributed by atoms with E-state index in [0.717, 1.165) is 12.2 Å². The zero-order valence-corrected chi connectivity index (χ0v) is 8.86. The number of carboxylic acid groups (broad SMARTS) is 1. The number of hydrogen-bond donors (Lipinski definition) is 1. The Morgan fingerprint density at radius 3 is 2.40 bits per heavy atom. The number of ether oxygens (including phenoxy) is 1. The summed E-state index contributed by atoms with van der Waals surface area (Å²) in [5.74, 6) is 0.608. The van der Waals surface area contributed by atoms with Gasteiger partial charge in [0.05, 0.1) is 11.3 Å². The third-order valence-corrected chi connectivity index (χ3v) is 2.02. The van der Waals surface area contributed by atoms with Gasteiger partial charge in [0.25, 0.3) is 0 Å². The lowest BCUT2D eigenvalue weighted by Crippen LogP contribution is -1.97. The minimum Gasteiger partial charge on any atom is -0.478 e. The van der Waals surface area contributed by atoms with Crippen LogP contribution in [0.4, 0.5) is 0 Å². The molecule has 0 aliphatic rings. The van der Waals surface area contributed by atoms with Crippen LogP contribution in [-0.2, 0) is 0 Å². The predicted molar refractivity (Wildman–Crippen MR) is 58.1 cm³/mol. The summed E-state index contributed by atoms with van der Waals surface area (Å²) in [6.45, 7) is 3.91. The molecule has 1 aromatic rings. The van der Waals surface area contributed by atoms with Crippen LogP contribution in [0.2, 0.25) is 0 Å². The van der Waals surface area contributed by atoms with E-state index in [0.29, 0.717) is 5.75 Å². The van der Waals surface area contributed by atoms with Crippen molar-refractivity contribution >= 4 is 5.97 Å². The van der Waals surface area contributed by atoms with E-state index in [-0.39, 0.29) is 5.56 Å². The molecule has 1 aromatic carbocycles. The maximum Gasteiger partial charge on any atom is 0.335 e. The van der Waals surface area contributed by atoms with Gasteiger partial charge >= 0.3 is 5.97 Å². The first-order valence-electron chi connectivity index (χ1n) is 4.83. The highest BCUT2D eigenvalue weighted by Crippen LogP contribution is 2.16. The first-order valence-corrected chi connectivity index (χ1v) is 4.83. The number of carbonyl (C=O) groups is 1. The van der Waals surface area contributed by atoms with Crippen molar-refractivity contribution in [3.05, 3.63) is 41.7 Å². The molecule has 0 saturated carbocycles. The Kier molecular flexibility index (Phi) is 3.92. The van der Waals surface area contributed by atoms with Crippen LogP contribution in [-0.4, -0.2) is 11.1 Å². The lowest BCUT2D eigenvalue weighted by molar-refractivity contribution is 0.0697. The smallest absolute Gasteiger partial charge is 0.335 e. The Hall–Kier alpha value is -1.77. The van der Waals surface area contributed by atoms with Gasteiger partial charge in [-0.15, -0.1) is 0 Å². The van der Waals surface area contributed by atoms with Gasteiger partial charge in [-0.2, -0.15) is 0 Å².